The SMILES string of the molecule is CC(NCC(C)(O)c1cnn(C)c1)c1ccc(S(C)=O)cc1. The number of nitrogens with one attached hydrogen (secondary N) is 1. The van der Waals surface area contributed by atoms with Gasteiger partial charge in [0.05, 0.1) is 6.20 Å². The van der Waals surface area contributed by atoms with Crippen molar-refractivity contribution in [1.29, 1.82) is 0 Å². The van der Waals surface area contributed by atoms with Gasteiger partial charge in [-0.05, 0) is 31.5 Å². The van der Waals surface area contributed by atoms with Crippen molar-refractivity contribution in [2.24, 2.45) is 7.05 Å². The molecule has 0 bridgehead atoms. The standard InChI is InChI=1S/C16H23N3O2S/c1-12(13-5-7-15(8-6-13)22(4)21)17-11-16(2,20)14-9-18-19(3)10-14/h5-10,12,17,20H,11H2,1-4H3. The molecule has 0 aliphatic rings. The maximum atomic E-state index is 11.4. The summed E-state index contributed by atoms with van der Waals surface area (Å²) in [6.45, 7) is 4.23. The summed E-state index contributed by atoms with van der Waals surface area (Å²) in [7, 11) is 0.868. The molecular formula is C16H23N3O2S. The number of aryl methyl sites for hydroxylation is 1. The van der Waals surface area contributed by atoms with Crippen LogP contribution in [0.4, 0.5) is 0 Å². The summed E-state index contributed by atoms with van der Waals surface area (Å²) >= 11 is 0. The second kappa shape index (κ2) is 6.73. The summed E-state index contributed by atoms with van der Waals surface area (Å²) < 4.78 is 13.1. The number of hydrogen-bond acceptors (Lipinski definition) is 4. The van der Waals surface area contributed by atoms with Crippen LogP contribution in [0, 0.1) is 0 Å². The topological polar surface area (TPSA) is 67.2 Å². The molecule has 3 atom stereocenters. The van der Waals surface area contributed by atoms with E-state index >= 15 is 0 Å². The smallest absolute Gasteiger partial charge is 0.102 e. The third-order valence-corrected chi connectivity index (χ3v) is 4.73. The van der Waals surface area contributed by atoms with E-state index in [1.165, 1.54) is 0 Å². The van der Waals surface area contributed by atoms with E-state index in [0.29, 0.717) is 6.54 Å². The Kier molecular flexibility index (Phi) is 5.16. The quantitative estimate of drug-likeness (QED) is 0.850. The van der Waals surface area contributed by atoms with Gasteiger partial charge in [0, 0.05) is 53.3 Å². The Bertz CT molecular complexity index is 650. The summed E-state index contributed by atoms with van der Waals surface area (Å²) in [5.74, 6) is 0. The minimum Gasteiger partial charge on any atom is -0.384 e. The lowest BCUT2D eigenvalue weighted by atomic mass is 9.98. The molecule has 0 aliphatic heterocycles. The van der Waals surface area contributed by atoms with Crippen LogP contribution in [0.2, 0.25) is 0 Å². The van der Waals surface area contributed by atoms with Crippen LogP contribution in [0.5, 0.6) is 0 Å². The van der Waals surface area contributed by atoms with Gasteiger partial charge in [0.1, 0.15) is 5.60 Å². The molecular weight excluding hydrogens is 298 g/mol. The van der Waals surface area contributed by atoms with Gasteiger partial charge in [-0.15, -0.1) is 0 Å². The van der Waals surface area contributed by atoms with E-state index in [-0.39, 0.29) is 6.04 Å². The number of hydrogen-bond donors (Lipinski definition) is 2. The lowest BCUT2D eigenvalue weighted by molar-refractivity contribution is 0.0543. The molecule has 1 aromatic heterocycles. The van der Waals surface area contributed by atoms with Crippen LogP contribution in [0.15, 0.2) is 41.6 Å². The zero-order valence-electron chi connectivity index (χ0n) is 13.4. The Hall–Kier alpha value is -1.50. The second-order valence-corrected chi connectivity index (χ2v) is 7.18. The van der Waals surface area contributed by atoms with Gasteiger partial charge in [0.15, 0.2) is 0 Å². The van der Waals surface area contributed by atoms with E-state index in [2.05, 4.69) is 10.4 Å². The first kappa shape index (κ1) is 16.9. The summed E-state index contributed by atoms with van der Waals surface area (Å²) in [5.41, 5.74) is 0.899. The van der Waals surface area contributed by atoms with Gasteiger partial charge in [-0.1, -0.05) is 12.1 Å². The molecule has 6 heteroatoms. The highest BCUT2D eigenvalue weighted by atomic mass is 32.2. The van der Waals surface area contributed by atoms with Crippen molar-refractivity contribution in [2.75, 3.05) is 12.8 Å². The van der Waals surface area contributed by atoms with Crippen molar-refractivity contribution >= 4 is 10.8 Å². The lowest BCUT2D eigenvalue weighted by Crippen LogP contribution is -2.36. The summed E-state index contributed by atoms with van der Waals surface area (Å²) in [6, 6.07) is 7.77. The normalized spacial score (nSPS) is 17.0. The largest absolute Gasteiger partial charge is 0.384 e. The zero-order valence-corrected chi connectivity index (χ0v) is 14.2. The minimum absolute atomic E-state index is 0.0856. The van der Waals surface area contributed by atoms with Crippen molar-refractivity contribution in [2.45, 2.75) is 30.4 Å². The number of aromatic nitrogens is 2. The molecule has 0 fully saturated rings. The van der Waals surface area contributed by atoms with E-state index in [1.807, 2.05) is 44.4 Å². The summed E-state index contributed by atoms with van der Waals surface area (Å²) in [6.07, 6.45) is 5.16. The third-order valence-electron chi connectivity index (χ3n) is 3.79. The van der Waals surface area contributed by atoms with Crippen molar-refractivity contribution in [3.05, 3.63) is 47.8 Å². The molecule has 3 unspecified atom stereocenters. The van der Waals surface area contributed by atoms with Crippen LogP contribution in [0.25, 0.3) is 0 Å². The van der Waals surface area contributed by atoms with Crippen LogP contribution in [-0.4, -0.2) is 31.9 Å². The molecule has 0 radical (unpaired) electrons. The molecule has 2 aromatic rings. The first-order valence-corrected chi connectivity index (χ1v) is 8.73. The Morgan fingerprint density at radius 2 is 2.05 bits per heavy atom. The van der Waals surface area contributed by atoms with E-state index in [0.717, 1.165) is 16.0 Å². The van der Waals surface area contributed by atoms with Gasteiger partial charge >= 0.3 is 0 Å². The summed E-state index contributed by atoms with van der Waals surface area (Å²) in [5, 5.41) is 18.0. The molecule has 2 rings (SSSR count). The monoisotopic (exact) mass is 321 g/mol. The molecule has 1 heterocycles. The number of nitrogens with zero attached hydrogens (tertiary/aromatic N) is 2. The number of rotatable bonds is 6. The van der Waals surface area contributed by atoms with Crippen LogP contribution in [0.1, 0.15) is 31.0 Å². The number of aliphatic hydroxyl groups is 1. The Morgan fingerprint density at radius 3 is 2.55 bits per heavy atom. The van der Waals surface area contributed by atoms with E-state index in [9.17, 15) is 9.32 Å². The van der Waals surface area contributed by atoms with Crippen LogP contribution >= 0.6 is 0 Å². The van der Waals surface area contributed by atoms with Crippen LogP contribution < -0.4 is 5.32 Å². The van der Waals surface area contributed by atoms with Crippen LogP contribution in [0.3, 0.4) is 0 Å². The predicted octanol–water partition coefficient (Wildman–Crippen LogP) is 1.72. The van der Waals surface area contributed by atoms with E-state index < -0.39 is 16.4 Å². The Morgan fingerprint density at radius 1 is 1.41 bits per heavy atom. The molecule has 5 nitrogen and oxygen atoms in total. The van der Waals surface area contributed by atoms with Gasteiger partial charge in [-0.2, -0.15) is 5.10 Å². The fourth-order valence-corrected chi connectivity index (χ4v) is 2.74. The molecule has 1 aromatic carbocycles. The van der Waals surface area contributed by atoms with Gasteiger partial charge in [0.2, 0.25) is 0 Å². The Balaban J connectivity index is 1.99. The highest BCUT2D eigenvalue weighted by Gasteiger charge is 2.25. The van der Waals surface area contributed by atoms with E-state index in [1.54, 1.807) is 24.1 Å². The average molecular weight is 321 g/mol. The van der Waals surface area contributed by atoms with Gasteiger partial charge < -0.3 is 10.4 Å². The predicted molar refractivity (Wildman–Crippen MR) is 88.0 cm³/mol. The van der Waals surface area contributed by atoms with Crippen molar-refractivity contribution in [1.82, 2.24) is 15.1 Å². The highest BCUT2D eigenvalue weighted by Crippen LogP contribution is 2.21. The van der Waals surface area contributed by atoms with Crippen molar-refractivity contribution in [3.8, 4) is 0 Å². The van der Waals surface area contributed by atoms with Crippen LogP contribution in [-0.2, 0) is 23.4 Å². The maximum absolute atomic E-state index is 11.4. The third kappa shape index (κ3) is 4.03. The van der Waals surface area contributed by atoms with Gasteiger partial charge in [-0.25, -0.2) is 0 Å². The van der Waals surface area contributed by atoms with E-state index in [4.69, 9.17) is 0 Å². The fourth-order valence-electron chi connectivity index (χ4n) is 2.22. The van der Waals surface area contributed by atoms with Gasteiger partial charge in [-0.3, -0.25) is 8.89 Å². The second-order valence-electron chi connectivity index (χ2n) is 5.80. The molecule has 0 amide bonds. The number of benzene rings is 1. The molecule has 0 saturated heterocycles. The highest BCUT2D eigenvalue weighted by molar-refractivity contribution is 7.84. The first-order chi connectivity index (χ1) is 10.3. The van der Waals surface area contributed by atoms with Crippen molar-refractivity contribution < 1.29 is 9.32 Å². The first-order valence-electron chi connectivity index (χ1n) is 7.18. The molecule has 0 saturated carbocycles. The molecule has 120 valence electrons. The minimum atomic E-state index is -0.979. The molecule has 0 aliphatic carbocycles. The molecule has 0 spiro atoms. The summed E-state index contributed by atoms with van der Waals surface area (Å²) in [4.78, 5) is 0.818. The Labute approximate surface area is 133 Å². The van der Waals surface area contributed by atoms with Gasteiger partial charge in [0.25, 0.3) is 0 Å². The average Bonchev–Trinajstić information content (AvgIpc) is 2.92. The fraction of sp³-hybridized carbons (Fsp3) is 0.438. The maximum Gasteiger partial charge on any atom is 0.102 e. The molecule has 22 heavy (non-hydrogen) atoms. The van der Waals surface area contributed by atoms with Crippen molar-refractivity contribution in [3.63, 3.8) is 0 Å². The molecule has 2 N–H and O–H groups in total. The lowest BCUT2D eigenvalue weighted by Gasteiger charge is -2.25. The zero-order chi connectivity index (χ0) is 16.3.